The van der Waals surface area contributed by atoms with Crippen molar-refractivity contribution in [2.45, 2.75) is 38.6 Å². The third kappa shape index (κ3) is 3.08. The number of hydrogen-bond acceptors (Lipinski definition) is 7. The van der Waals surface area contributed by atoms with Crippen LogP contribution in [0.4, 0.5) is 5.82 Å². The molecule has 1 amide bonds. The van der Waals surface area contributed by atoms with Gasteiger partial charge in [-0.2, -0.15) is 4.98 Å². The van der Waals surface area contributed by atoms with Crippen molar-refractivity contribution < 1.29 is 9.21 Å². The molecule has 1 aliphatic carbocycles. The molecule has 3 heterocycles. The molecule has 1 saturated carbocycles. The van der Waals surface area contributed by atoms with Crippen LogP contribution in [0.1, 0.15) is 47.4 Å². The maximum Gasteiger partial charge on any atom is 0.253 e. The van der Waals surface area contributed by atoms with Gasteiger partial charge in [0, 0.05) is 5.54 Å². The first-order valence-electron chi connectivity index (χ1n) is 8.19. The van der Waals surface area contributed by atoms with Gasteiger partial charge in [0.05, 0.1) is 35.5 Å². The zero-order valence-electron chi connectivity index (χ0n) is 14.3. The second-order valence-electron chi connectivity index (χ2n) is 6.76. The van der Waals surface area contributed by atoms with Gasteiger partial charge in [-0.05, 0) is 26.7 Å². The van der Waals surface area contributed by atoms with Crippen LogP contribution in [-0.2, 0) is 6.42 Å². The van der Waals surface area contributed by atoms with Crippen molar-refractivity contribution in [3.8, 4) is 0 Å². The van der Waals surface area contributed by atoms with E-state index in [1.807, 2.05) is 0 Å². The molecule has 3 aromatic heterocycles. The smallest absolute Gasteiger partial charge is 0.253 e. The zero-order valence-corrected chi connectivity index (χ0v) is 15.1. The topological polar surface area (TPSA) is 120 Å². The van der Waals surface area contributed by atoms with E-state index in [0.717, 1.165) is 12.8 Å². The van der Waals surface area contributed by atoms with Crippen LogP contribution < -0.4 is 11.1 Å². The Kier molecular flexibility index (Phi) is 3.80. The second-order valence-corrected chi connectivity index (χ2v) is 7.15. The SMILES string of the molecule is Cc1oc2nc(Cc3cnc(Cl)cn3)nc(NC3(C)CC3)c2c1C(N)=O. The molecule has 4 rings (SSSR count). The summed E-state index contributed by atoms with van der Waals surface area (Å²) in [6, 6.07) is 0. The standard InChI is InChI=1S/C17H17ClN6O2/c1-8-12(14(19)25)13-15(24-17(2)3-4-17)22-11(23-16(13)26-8)5-9-6-21-10(18)7-20-9/h6-7H,3-5H2,1-2H3,(H2,19,25)(H,22,23,24). The Hall–Kier alpha value is -2.74. The minimum absolute atomic E-state index is 0.0429. The molecule has 0 radical (unpaired) electrons. The van der Waals surface area contributed by atoms with Gasteiger partial charge in [-0.25, -0.2) is 9.97 Å². The zero-order chi connectivity index (χ0) is 18.5. The monoisotopic (exact) mass is 372 g/mol. The highest BCUT2D eigenvalue weighted by Gasteiger charge is 2.38. The Bertz CT molecular complexity index is 1010. The number of primary amides is 1. The quantitative estimate of drug-likeness (QED) is 0.706. The van der Waals surface area contributed by atoms with E-state index in [2.05, 4.69) is 32.2 Å². The molecule has 0 aliphatic heterocycles. The average Bonchev–Trinajstić information content (AvgIpc) is 3.18. The number of rotatable bonds is 5. The summed E-state index contributed by atoms with van der Waals surface area (Å²) < 4.78 is 5.68. The highest BCUT2D eigenvalue weighted by molar-refractivity contribution is 6.29. The largest absolute Gasteiger partial charge is 0.442 e. The molecule has 0 aromatic carbocycles. The van der Waals surface area contributed by atoms with E-state index < -0.39 is 5.91 Å². The fourth-order valence-electron chi connectivity index (χ4n) is 2.81. The Morgan fingerprint density at radius 1 is 1.35 bits per heavy atom. The lowest BCUT2D eigenvalue weighted by atomic mass is 10.1. The summed E-state index contributed by atoms with van der Waals surface area (Å²) in [6.45, 7) is 3.79. The van der Waals surface area contributed by atoms with Crippen molar-refractivity contribution >= 4 is 34.4 Å². The summed E-state index contributed by atoms with van der Waals surface area (Å²) in [5, 5.41) is 4.25. The molecule has 0 bridgehead atoms. The maximum atomic E-state index is 11.9. The number of nitrogens with zero attached hydrogens (tertiary/aromatic N) is 4. The lowest BCUT2D eigenvalue weighted by molar-refractivity contribution is 0.1000. The highest BCUT2D eigenvalue weighted by Crippen LogP contribution is 2.40. The molecular weight excluding hydrogens is 356 g/mol. The average molecular weight is 373 g/mol. The first kappa shape index (κ1) is 16.7. The number of anilines is 1. The van der Waals surface area contributed by atoms with E-state index in [0.29, 0.717) is 51.3 Å². The Balaban J connectivity index is 1.82. The van der Waals surface area contributed by atoms with Gasteiger partial charge in [-0.3, -0.25) is 9.78 Å². The summed E-state index contributed by atoms with van der Waals surface area (Å²) in [4.78, 5) is 29.2. The molecule has 8 nitrogen and oxygen atoms in total. The molecule has 0 unspecified atom stereocenters. The van der Waals surface area contributed by atoms with Crippen LogP contribution in [-0.4, -0.2) is 31.4 Å². The number of carbonyl (C=O) groups excluding carboxylic acids is 1. The molecule has 1 fully saturated rings. The Morgan fingerprint density at radius 2 is 2.12 bits per heavy atom. The minimum Gasteiger partial charge on any atom is -0.442 e. The molecule has 3 N–H and O–H groups in total. The van der Waals surface area contributed by atoms with Gasteiger partial charge in [-0.15, -0.1) is 0 Å². The normalized spacial score (nSPS) is 15.2. The first-order valence-corrected chi connectivity index (χ1v) is 8.57. The van der Waals surface area contributed by atoms with E-state index in [9.17, 15) is 4.79 Å². The number of halogens is 1. The lowest BCUT2D eigenvalue weighted by Crippen LogP contribution is -2.19. The summed E-state index contributed by atoms with van der Waals surface area (Å²) >= 11 is 5.77. The Labute approximate surface area is 154 Å². The first-order chi connectivity index (χ1) is 12.3. The molecule has 134 valence electrons. The van der Waals surface area contributed by atoms with Crippen LogP contribution in [0.5, 0.6) is 0 Å². The van der Waals surface area contributed by atoms with E-state index in [4.69, 9.17) is 21.8 Å². The molecule has 0 spiro atoms. The predicted molar refractivity (Wildman–Crippen MR) is 96.2 cm³/mol. The van der Waals surface area contributed by atoms with Crippen LogP contribution in [0.25, 0.3) is 11.1 Å². The number of nitrogens with one attached hydrogen (secondary N) is 1. The van der Waals surface area contributed by atoms with E-state index in [-0.39, 0.29) is 5.54 Å². The number of hydrogen-bond donors (Lipinski definition) is 2. The summed E-state index contributed by atoms with van der Waals surface area (Å²) in [5.74, 6) is 0.919. The van der Waals surface area contributed by atoms with Crippen molar-refractivity contribution in [2.75, 3.05) is 5.32 Å². The van der Waals surface area contributed by atoms with Gasteiger partial charge in [-0.1, -0.05) is 11.6 Å². The number of fused-ring (bicyclic) bond motifs is 1. The third-order valence-corrected chi connectivity index (χ3v) is 4.65. The van der Waals surface area contributed by atoms with E-state index in [1.54, 1.807) is 13.1 Å². The molecule has 26 heavy (non-hydrogen) atoms. The second kappa shape index (κ2) is 5.91. The van der Waals surface area contributed by atoms with E-state index in [1.165, 1.54) is 6.20 Å². The Morgan fingerprint density at radius 3 is 2.73 bits per heavy atom. The van der Waals surface area contributed by atoms with Crippen molar-refractivity contribution in [1.82, 2.24) is 19.9 Å². The highest BCUT2D eigenvalue weighted by atomic mass is 35.5. The number of aromatic nitrogens is 4. The summed E-state index contributed by atoms with van der Waals surface area (Å²) in [7, 11) is 0. The van der Waals surface area contributed by atoms with Gasteiger partial charge in [0.1, 0.15) is 22.6 Å². The third-order valence-electron chi connectivity index (χ3n) is 4.45. The van der Waals surface area contributed by atoms with Gasteiger partial charge >= 0.3 is 0 Å². The van der Waals surface area contributed by atoms with Crippen LogP contribution in [0.3, 0.4) is 0 Å². The van der Waals surface area contributed by atoms with Crippen molar-refractivity contribution in [3.05, 3.63) is 40.4 Å². The van der Waals surface area contributed by atoms with Crippen molar-refractivity contribution in [1.29, 1.82) is 0 Å². The van der Waals surface area contributed by atoms with Crippen molar-refractivity contribution in [3.63, 3.8) is 0 Å². The summed E-state index contributed by atoms with van der Waals surface area (Å²) in [6.07, 6.45) is 5.46. The number of nitrogens with two attached hydrogens (primary N) is 1. The molecule has 0 atom stereocenters. The minimum atomic E-state index is -0.565. The molecule has 1 aliphatic rings. The summed E-state index contributed by atoms with van der Waals surface area (Å²) in [5.41, 5.74) is 6.81. The molecule has 0 saturated heterocycles. The fraction of sp³-hybridized carbons (Fsp3) is 0.353. The molecule has 9 heteroatoms. The fourth-order valence-corrected chi connectivity index (χ4v) is 2.91. The lowest BCUT2D eigenvalue weighted by Gasteiger charge is -2.14. The van der Waals surface area contributed by atoms with Crippen LogP contribution in [0.15, 0.2) is 16.8 Å². The van der Waals surface area contributed by atoms with Crippen LogP contribution in [0.2, 0.25) is 5.15 Å². The van der Waals surface area contributed by atoms with Gasteiger partial charge in [0.25, 0.3) is 5.91 Å². The molecular formula is C17H17ClN6O2. The molecule has 3 aromatic rings. The van der Waals surface area contributed by atoms with Gasteiger partial charge in [0.15, 0.2) is 0 Å². The van der Waals surface area contributed by atoms with E-state index >= 15 is 0 Å². The van der Waals surface area contributed by atoms with Gasteiger partial charge < -0.3 is 15.5 Å². The number of carbonyl (C=O) groups is 1. The maximum absolute atomic E-state index is 11.9. The van der Waals surface area contributed by atoms with Crippen molar-refractivity contribution in [2.24, 2.45) is 5.73 Å². The van der Waals surface area contributed by atoms with Crippen LogP contribution >= 0.6 is 11.6 Å². The predicted octanol–water partition coefficient (Wildman–Crippen LogP) is 2.63. The number of aryl methyl sites for hydroxylation is 1. The van der Waals surface area contributed by atoms with Gasteiger partial charge in [0.2, 0.25) is 5.71 Å². The number of amides is 1. The number of furan rings is 1. The van der Waals surface area contributed by atoms with Crippen LogP contribution in [0, 0.1) is 6.92 Å².